The molecule has 0 aliphatic carbocycles. The first kappa shape index (κ1) is 35.5. The number of amides is 4. The summed E-state index contributed by atoms with van der Waals surface area (Å²) in [6, 6.07) is 6.68. The summed E-state index contributed by atoms with van der Waals surface area (Å²) in [7, 11) is 0. The van der Waals surface area contributed by atoms with Crippen molar-refractivity contribution in [3.05, 3.63) is 41.0 Å². The van der Waals surface area contributed by atoms with Gasteiger partial charge in [0.1, 0.15) is 12.1 Å². The third-order valence-electron chi connectivity index (χ3n) is 8.58. The van der Waals surface area contributed by atoms with Gasteiger partial charge in [0.2, 0.25) is 23.6 Å². The number of ether oxygens (including phenoxy) is 1. The van der Waals surface area contributed by atoms with E-state index in [2.05, 4.69) is 25.8 Å². The van der Waals surface area contributed by atoms with Crippen LogP contribution < -0.4 is 16.0 Å². The van der Waals surface area contributed by atoms with Gasteiger partial charge in [0.05, 0.1) is 29.3 Å². The number of carbonyl (C=O) groups is 4. The van der Waals surface area contributed by atoms with Crippen molar-refractivity contribution in [2.45, 2.75) is 84.8 Å². The summed E-state index contributed by atoms with van der Waals surface area (Å²) in [4.78, 5) is 61.3. The van der Waals surface area contributed by atoms with Crippen molar-refractivity contribution in [3.8, 4) is 10.4 Å². The highest BCUT2D eigenvalue weighted by Gasteiger charge is 2.41. The molecule has 0 radical (unpaired) electrons. The summed E-state index contributed by atoms with van der Waals surface area (Å²) < 4.78 is 5.57. The van der Waals surface area contributed by atoms with Gasteiger partial charge in [-0.1, -0.05) is 45.0 Å². The molecule has 4 rings (SSSR count). The van der Waals surface area contributed by atoms with Gasteiger partial charge in [-0.25, -0.2) is 4.98 Å². The molecular formula is C34H50N6O5S. The predicted molar refractivity (Wildman–Crippen MR) is 179 cm³/mol. The van der Waals surface area contributed by atoms with E-state index < -0.39 is 17.5 Å². The molecule has 2 aliphatic heterocycles. The first-order valence-corrected chi connectivity index (χ1v) is 17.3. The normalized spacial score (nSPS) is 17.6. The molecule has 3 heterocycles. The van der Waals surface area contributed by atoms with Crippen LogP contribution in [0, 0.1) is 12.3 Å². The van der Waals surface area contributed by atoms with Crippen LogP contribution in [-0.4, -0.2) is 96.4 Å². The van der Waals surface area contributed by atoms with Crippen LogP contribution in [-0.2, 0) is 30.5 Å². The van der Waals surface area contributed by atoms with Crippen LogP contribution in [0.1, 0.15) is 70.6 Å². The molecule has 0 saturated carbocycles. The van der Waals surface area contributed by atoms with Crippen molar-refractivity contribution in [2.24, 2.45) is 5.41 Å². The Morgan fingerprint density at radius 1 is 0.978 bits per heavy atom. The van der Waals surface area contributed by atoms with Gasteiger partial charge in [-0.05, 0) is 62.2 Å². The summed E-state index contributed by atoms with van der Waals surface area (Å²) in [6.45, 7) is 12.3. The fourth-order valence-electron chi connectivity index (χ4n) is 5.89. The number of nitrogens with one attached hydrogen (secondary N) is 3. The Morgan fingerprint density at radius 3 is 2.39 bits per heavy atom. The van der Waals surface area contributed by atoms with E-state index in [-0.39, 0.29) is 36.7 Å². The average Bonchev–Trinajstić information content (AvgIpc) is 3.81. The van der Waals surface area contributed by atoms with E-state index >= 15 is 0 Å². The van der Waals surface area contributed by atoms with E-state index in [0.29, 0.717) is 39.1 Å². The Hall–Kier alpha value is -3.35. The van der Waals surface area contributed by atoms with Crippen molar-refractivity contribution < 1.29 is 23.9 Å². The second-order valence-corrected chi connectivity index (χ2v) is 14.1. The smallest absolute Gasteiger partial charge is 0.246 e. The highest BCUT2D eigenvalue weighted by Crippen LogP contribution is 2.28. The predicted octanol–water partition coefficient (Wildman–Crippen LogP) is 3.27. The van der Waals surface area contributed by atoms with Crippen molar-refractivity contribution in [1.82, 2.24) is 30.7 Å². The number of benzene rings is 1. The fourth-order valence-corrected chi connectivity index (χ4v) is 6.71. The van der Waals surface area contributed by atoms with Crippen LogP contribution in [0.4, 0.5) is 0 Å². The molecular weight excluding hydrogens is 604 g/mol. The second kappa shape index (κ2) is 17.0. The molecule has 4 amide bonds. The Bertz CT molecular complexity index is 1320. The van der Waals surface area contributed by atoms with Gasteiger partial charge in [-0.2, -0.15) is 0 Å². The minimum atomic E-state index is -0.786. The lowest BCUT2D eigenvalue weighted by atomic mass is 9.85. The summed E-state index contributed by atoms with van der Waals surface area (Å²) in [5, 5.41) is 8.77. The van der Waals surface area contributed by atoms with E-state index in [1.165, 1.54) is 12.8 Å². The number of thiazole rings is 1. The lowest BCUT2D eigenvalue weighted by molar-refractivity contribution is -0.144. The van der Waals surface area contributed by atoms with Gasteiger partial charge in [0, 0.05) is 39.0 Å². The quantitative estimate of drug-likeness (QED) is 0.251. The maximum Gasteiger partial charge on any atom is 0.246 e. The monoisotopic (exact) mass is 654 g/mol. The first-order valence-electron chi connectivity index (χ1n) is 16.5. The molecule has 252 valence electrons. The van der Waals surface area contributed by atoms with E-state index in [9.17, 15) is 19.2 Å². The fraction of sp³-hybridized carbons (Fsp3) is 0.618. The summed E-state index contributed by atoms with van der Waals surface area (Å²) in [5.41, 5.74) is 4.33. The van der Waals surface area contributed by atoms with E-state index in [0.717, 1.165) is 47.8 Å². The second-order valence-electron chi connectivity index (χ2n) is 13.2. The minimum Gasteiger partial charge on any atom is -0.379 e. The lowest BCUT2D eigenvalue weighted by Crippen LogP contribution is -2.57. The molecule has 2 aliphatic rings. The third-order valence-corrected chi connectivity index (χ3v) is 9.56. The Balaban J connectivity index is 1.19. The molecule has 11 nitrogen and oxygen atoms in total. The van der Waals surface area contributed by atoms with Crippen LogP contribution in [0.15, 0.2) is 29.8 Å². The van der Waals surface area contributed by atoms with Crippen LogP contribution in [0.5, 0.6) is 0 Å². The van der Waals surface area contributed by atoms with Crippen molar-refractivity contribution in [1.29, 1.82) is 0 Å². The van der Waals surface area contributed by atoms with Crippen LogP contribution >= 0.6 is 11.3 Å². The molecule has 1 aromatic heterocycles. The molecule has 2 atom stereocenters. The molecule has 12 heteroatoms. The first-order chi connectivity index (χ1) is 22.0. The van der Waals surface area contributed by atoms with Crippen molar-refractivity contribution in [3.63, 3.8) is 0 Å². The molecule has 1 aromatic carbocycles. The average molecular weight is 655 g/mol. The molecule has 3 N–H and O–H groups in total. The SMILES string of the molecule is Cc1ncsc1-c1ccc(CNC(=O)[C@H]2CCCN2C(=O)[C@H](NC(=O)CCOCCNC(=O)CCN2CCCC2)C(C)(C)C)cc1. The number of likely N-dealkylation sites (tertiary alicyclic amines) is 2. The van der Waals surface area contributed by atoms with E-state index in [1.807, 2.05) is 57.5 Å². The number of hydrogen-bond donors (Lipinski definition) is 3. The number of nitrogens with zero attached hydrogens (tertiary/aromatic N) is 3. The minimum absolute atomic E-state index is 0.00480. The van der Waals surface area contributed by atoms with Gasteiger partial charge in [-0.15, -0.1) is 11.3 Å². The van der Waals surface area contributed by atoms with Gasteiger partial charge in [0.25, 0.3) is 0 Å². The van der Waals surface area contributed by atoms with Gasteiger partial charge in [-0.3, -0.25) is 19.2 Å². The summed E-state index contributed by atoms with van der Waals surface area (Å²) in [6.07, 6.45) is 4.28. The molecule has 2 aromatic rings. The van der Waals surface area contributed by atoms with Crippen LogP contribution in [0.3, 0.4) is 0 Å². The molecule has 0 bridgehead atoms. The zero-order valence-corrected chi connectivity index (χ0v) is 28.5. The summed E-state index contributed by atoms with van der Waals surface area (Å²) >= 11 is 1.60. The third kappa shape index (κ3) is 10.3. The van der Waals surface area contributed by atoms with Crippen LogP contribution in [0.25, 0.3) is 10.4 Å². The highest BCUT2D eigenvalue weighted by molar-refractivity contribution is 7.13. The van der Waals surface area contributed by atoms with E-state index in [1.54, 1.807) is 16.2 Å². The van der Waals surface area contributed by atoms with Crippen LogP contribution in [0.2, 0.25) is 0 Å². The molecule has 46 heavy (non-hydrogen) atoms. The van der Waals surface area contributed by atoms with E-state index in [4.69, 9.17) is 4.74 Å². The zero-order chi connectivity index (χ0) is 33.1. The summed E-state index contributed by atoms with van der Waals surface area (Å²) in [5.74, 6) is -0.727. The Morgan fingerprint density at radius 2 is 1.72 bits per heavy atom. The van der Waals surface area contributed by atoms with Gasteiger partial charge >= 0.3 is 0 Å². The topological polar surface area (TPSA) is 133 Å². The van der Waals surface area contributed by atoms with Gasteiger partial charge < -0.3 is 30.5 Å². The molecule has 2 fully saturated rings. The Kier molecular flexibility index (Phi) is 13.1. The maximum absolute atomic E-state index is 13.8. The largest absolute Gasteiger partial charge is 0.379 e. The number of hydrogen-bond acceptors (Lipinski definition) is 8. The van der Waals surface area contributed by atoms with Crippen molar-refractivity contribution >= 4 is 35.0 Å². The standard InChI is InChI=1S/C34H50N6O5S/c1-24-30(46-23-37-24)26-11-9-25(10-12-26)22-36-32(43)27-8-7-18-40(27)33(44)31(34(2,3)4)38-29(42)14-20-45-21-15-35-28(41)13-19-39-16-5-6-17-39/h9-12,23,27,31H,5-8,13-22H2,1-4H3,(H,35,41)(H,36,43)(H,38,42)/t27-,31+/m1/s1. The van der Waals surface area contributed by atoms with Gasteiger partial charge in [0.15, 0.2) is 0 Å². The Labute approximate surface area is 276 Å². The highest BCUT2D eigenvalue weighted by atomic mass is 32.1. The number of rotatable bonds is 15. The molecule has 0 spiro atoms. The number of carbonyl (C=O) groups excluding carboxylic acids is 4. The number of aryl methyl sites for hydroxylation is 1. The molecule has 2 saturated heterocycles. The van der Waals surface area contributed by atoms with Crippen molar-refractivity contribution in [2.75, 3.05) is 45.9 Å². The molecule has 0 unspecified atom stereocenters. The number of aromatic nitrogens is 1. The zero-order valence-electron chi connectivity index (χ0n) is 27.7. The maximum atomic E-state index is 13.8. The lowest BCUT2D eigenvalue weighted by Gasteiger charge is -2.35.